The number of halogens is 2. The van der Waals surface area contributed by atoms with Crippen LogP contribution in [0.25, 0.3) is 10.9 Å². The zero-order valence-electron chi connectivity index (χ0n) is 15.9. The topological polar surface area (TPSA) is 59.8 Å². The molecule has 0 fully saturated rings. The molecule has 5 nitrogen and oxygen atoms in total. The molecule has 0 bridgehead atoms. The highest BCUT2D eigenvalue weighted by Gasteiger charge is 2.18. The molecule has 2 heterocycles. The lowest BCUT2D eigenvalue weighted by atomic mass is 10.1. The second kappa shape index (κ2) is 7.75. The molecule has 4 rings (SSSR count). The third kappa shape index (κ3) is 3.91. The summed E-state index contributed by atoms with van der Waals surface area (Å²) < 4.78 is 15.5. The average Bonchev–Trinajstić information content (AvgIpc) is 2.96. The average molecular weight is 453 g/mol. The predicted octanol–water partition coefficient (Wildman–Crippen LogP) is 5.25. The van der Waals surface area contributed by atoms with Gasteiger partial charge in [0.05, 0.1) is 34.7 Å². The minimum Gasteiger partial charge on any atom is -0.319 e. The Morgan fingerprint density at radius 3 is 2.62 bits per heavy atom. The van der Waals surface area contributed by atoms with E-state index in [1.807, 2.05) is 38.1 Å². The van der Waals surface area contributed by atoms with Crippen molar-refractivity contribution in [1.29, 1.82) is 0 Å². The number of fused-ring (bicyclic) bond motifs is 1. The fraction of sp³-hybridized carbons (Fsp3) is 0.136. The maximum atomic E-state index is 13.1. The number of aromatic nitrogens is 3. The zero-order chi connectivity index (χ0) is 20.5. The van der Waals surface area contributed by atoms with Gasteiger partial charge in [0, 0.05) is 5.39 Å². The number of rotatable bonds is 4. The van der Waals surface area contributed by atoms with Gasteiger partial charge in [0.2, 0.25) is 0 Å². The summed E-state index contributed by atoms with van der Waals surface area (Å²) in [5.41, 5.74) is 4.43. The van der Waals surface area contributed by atoms with Gasteiger partial charge in [-0.1, -0.05) is 30.3 Å². The first-order valence-corrected chi connectivity index (χ1v) is 9.87. The molecule has 146 valence electrons. The van der Waals surface area contributed by atoms with E-state index >= 15 is 0 Å². The number of nitrogens with one attached hydrogen (secondary N) is 1. The molecule has 0 spiro atoms. The van der Waals surface area contributed by atoms with Crippen LogP contribution in [0.3, 0.4) is 0 Å². The molecule has 0 aliphatic carbocycles. The third-order valence-electron chi connectivity index (χ3n) is 4.80. The molecule has 0 unspecified atom stereocenters. The van der Waals surface area contributed by atoms with Crippen LogP contribution in [0.15, 0.2) is 59.2 Å². The number of anilines is 1. The van der Waals surface area contributed by atoms with Gasteiger partial charge in [-0.15, -0.1) is 0 Å². The van der Waals surface area contributed by atoms with Gasteiger partial charge in [-0.05, 0) is 59.6 Å². The van der Waals surface area contributed by atoms with Crippen LogP contribution in [0, 0.1) is 19.7 Å². The molecule has 2 aromatic heterocycles. The lowest BCUT2D eigenvalue weighted by Crippen LogP contribution is -2.14. The summed E-state index contributed by atoms with van der Waals surface area (Å²) in [7, 11) is 0. The number of aryl methyl sites for hydroxylation is 1. The van der Waals surface area contributed by atoms with E-state index in [0.717, 1.165) is 27.9 Å². The zero-order valence-corrected chi connectivity index (χ0v) is 17.5. The van der Waals surface area contributed by atoms with Crippen molar-refractivity contribution in [2.45, 2.75) is 20.4 Å². The second-order valence-corrected chi connectivity index (χ2v) is 7.61. The summed E-state index contributed by atoms with van der Waals surface area (Å²) >= 11 is 3.38. The third-order valence-corrected chi connectivity index (χ3v) is 5.20. The van der Waals surface area contributed by atoms with Gasteiger partial charge < -0.3 is 5.32 Å². The largest absolute Gasteiger partial charge is 0.319 e. The summed E-state index contributed by atoms with van der Waals surface area (Å²) in [4.78, 5) is 17.5. The Morgan fingerprint density at radius 2 is 1.86 bits per heavy atom. The van der Waals surface area contributed by atoms with Gasteiger partial charge in [-0.3, -0.25) is 9.48 Å². The van der Waals surface area contributed by atoms with Crippen LogP contribution in [0.4, 0.5) is 10.1 Å². The van der Waals surface area contributed by atoms with E-state index in [1.54, 1.807) is 22.9 Å². The Labute approximate surface area is 175 Å². The number of carbonyl (C=O) groups is 1. The van der Waals surface area contributed by atoms with Gasteiger partial charge >= 0.3 is 0 Å². The summed E-state index contributed by atoms with van der Waals surface area (Å²) in [6.07, 6.45) is 0. The van der Waals surface area contributed by atoms with Gasteiger partial charge in [0.1, 0.15) is 10.4 Å². The smallest absolute Gasteiger partial charge is 0.256 e. The Hall–Kier alpha value is -3.06. The van der Waals surface area contributed by atoms with Crippen LogP contribution in [-0.2, 0) is 6.54 Å². The lowest BCUT2D eigenvalue weighted by Gasteiger charge is -2.10. The molecular formula is C22H18BrFN4O. The van der Waals surface area contributed by atoms with E-state index in [-0.39, 0.29) is 11.7 Å². The fourth-order valence-electron chi connectivity index (χ4n) is 3.31. The molecule has 7 heteroatoms. The molecular weight excluding hydrogens is 435 g/mol. The van der Waals surface area contributed by atoms with Gasteiger partial charge in [-0.25, -0.2) is 9.37 Å². The van der Waals surface area contributed by atoms with Crippen molar-refractivity contribution in [3.8, 4) is 0 Å². The van der Waals surface area contributed by atoms with Crippen molar-refractivity contribution >= 4 is 38.4 Å². The number of carbonyl (C=O) groups excluding carboxylic acids is 1. The van der Waals surface area contributed by atoms with Crippen LogP contribution in [0.5, 0.6) is 0 Å². The minimum atomic E-state index is -0.272. The summed E-state index contributed by atoms with van der Waals surface area (Å²) in [5, 5.41) is 8.32. The van der Waals surface area contributed by atoms with E-state index in [9.17, 15) is 9.18 Å². The highest BCUT2D eigenvalue weighted by atomic mass is 79.9. The summed E-state index contributed by atoms with van der Waals surface area (Å²) in [5.74, 6) is -0.498. The predicted molar refractivity (Wildman–Crippen MR) is 115 cm³/mol. The van der Waals surface area contributed by atoms with Crippen molar-refractivity contribution in [1.82, 2.24) is 14.8 Å². The maximum absolute atomic E-state index is 13.1. The van der Waals surface area contributed by atoms with E-state index in [0.29, 0.717) is 22.4 Å². The number of hydrogen-bond donors (Lipinski definition) is 1. The summed E-state index contributed by atoms with van der Waals surface area (Å²) in [6, 6.07) is 15.5. The fourth-order valence-corrected chi connectivity index (χ4v) is 3.73. The van der Waals surface area contributed by atoms with Crippen molar-refractivity contribution in [3.63, 3.8) is 0 Å². The molecule has 1 amide bonds. The van der Waals surface area contributed by atoms with Crippen LogP contribution in [-0.4, -0.2) is 20.7 Å². The van der Waals surface area contributed by atoms with Gasteiger partial charge in [-0.2, -0.15) is 5.10 Å². The SMILES string of the molecule is Cc1nn(Cc2ccc(F)cc2)c(C)c1NC(=O)c1cc(Br)nc2ccccc12. The van der Waals surface area contributed by atoms with E-state index in [1.165, 1.54) is 12.1 Å². The van der Waals surface area contributed by atoms with E-state index < -0.39 is 0 Å². The van der Waals surface area contributed by atoms with E-state index in [4.69, 9.17) is 0 Å². The lowest BCUT2D eigenvalue weighted by molar-refractivity contribution is 0.102. The first kappa shape index (κ1) is 19.3. The molecule has 0 aliphatic heterocycles. The van der Waals surface area contributed by atoms with Crippen LogP contribution < -0.4 is 5.32 Å². The molecule has 0 radical (unpaired) electrons. The Bertz CT molecular complexity index is 1220. The monoisotopic (exact) mass is 452 g/mol. The number of benzene rings is 2. The maximum Gasteiger partial charge on any atom is 0.256 e. The highest BCUT2D eigenvalue weighted by Crippen LogP contribution is 2.25. The number of hydrogen-bond acceptors (Lipinski definition) is 3. The van der Waals surface area contributed by atoms with Crippen LogP contribution >= 0.6 is 15.9 Å². The quantitative estimate of drug-likeness (QED) is 0.430. The number of amides is 1. The molecule has 0 saturated heterocycles. The highest BCUT2D eigenvalue weighted by molar-refractivity contribution is 9.10. The van der Waals surface area contributed by atoms with Crippen LogP contribution in [0.1, 0.15) is 27.3 Å². The van der Waals surface area contributed by atoms with Gasteiger partial charge in [0.25, 0.3) is 5.91 Å². The molecule has 0 atom stereocenters. The number of pyridine rings is 1. The molecule has 2 aromatic carbocycles. The van der Waals surface area contributed by atoms with Gasteiger partial charge in [0.15, 0.2) is 0 Å². The van der Waals surface area contributed by atoms with Crippen molar-refractivity contribution in [2.75, 3.05) is 5.32 Å². The normalized spacial score (nSPS) is 11.0. The first-order chi connectivity index (χ1) is 13.9. The first-order valence-electron chi connectivity index (χ1n) is 9.07. The Kier molecular flexibility index (Phi) is 5.15. The van der Waals surface area contributed by atoms with Crippen molar-refractivity contribution in [3.05, 3.63) is 87.5 Å². The van der Waals surface area contributed by atoms with E-state index in [2.05, 4.69) is 31.3 Å². The van der Waals surface area contributed by atoms with Crippen LogP contribution in [0.2, 0.25) is 0 Å². The van der Waals surface area contributed by atoms with Crippen molar-refractivity contribution in [2.24, 2.45) is 0 Å². The number of nitrogens with zero attached hydrogens (tertiary/aromatic N) is 3. The molecule has 0 aliphatic rings. The molecule has 29 heavy (non-hydrogen) atoms. The standard InChI is InChI=1S/C22H18BrFN4O/c1-13-21(14(2)28(27-13)12-15-7-9-16(24)10-8-15)26-22(29)18-11-20(23)25-19-6-4-3-5-17(18)19/h3-11H,12H2,1-2H3,(H,26,29). The Balaban J connectivity index is 1.64. The second-order valence-electron chi connectivity index (χ2n) is 6.79. The van der Waals surface area contributed by atoms with Crippen molar-refractivity contribution < 1.29 is 9.18 Å². The molecule has 4 aromatic rings. The molecule has 0 saturated carbocycles. The molecule has 1 N–H and O–H groups in total. The number of para-hydroxylation sites is 1. The summed E-state index contributed by atoms with van der Waals surface area (Å²) in [6.45, 7) is 4.25. The minimum absolute atomic E-state index is 0.225. The Morgan fingerprint density at radius 1 is 1.14 bits per heavy atom.